The van der Waals surface area contributed by atoms with Gasteiger partial charge in [0, 0.05) is 31.9 Å². The number of hydrogen-bond donors (Lipinski definition) is 1. The van der Waals surface area contributed by atoms with E-state index in [0.29, 0.717) is 35.8 Å². The second-order valence-electron chi connectivity index (χ2n) is 4.84. The van der Waals surface area contributed by atoms with Crippen molar-refractivity contribution in [3.8, 4) is 11.5 Å². The molecular weight excluding hydrogens is 274 g/mol. The van der Waals surface area contributed by atoms with Crippen LogP contribution in [0.3, 0.4) is 0 Å². The predicted octanol–water partition coefficient (Wildman–Crippen LogP) is 0.200. The van der Waals surface area contributed by atoms with Crippen LogP contribution in [-0.4, -0.2) is 62.5 Å². The first-order valence-corrected chi connectivity index (χ1v) is 6.52. The predicted molar refractivity (Wildman–Crippen MR) is 77.5 cm³/mol. The van der Waals surface area contributed by atoms with E-state index in [4.69, 9.17) is 15.2 Å². The molecule has 0 radical (unpaired) electrons. The highest BCUT2D eigenvalue weighted by atomic mass is 16.5. The first kappa shape index (κ1) is 15.0. The zero-order chi connectivity index (χ0) is 15.6. The van der Waals surface area contributed by atoms with Crippen molar-refractivity contribution in [3.05, 3.63) is 17.7 Å². The fourth-order valence-electron chi connectivity index (χ4n) is 2.18. The minimum absolute atomic E-state index is 0.0586. The number of likely N-dealkylation sites (N-methyl/N-ethyl adjacent to an activating group) is 1. The van der Waals surface area contributed by atoms with E-state index in [1.54, 1.807) is 24.1 Å². The summed E-state index contributed by atoms with van der Waals surface area (Å²) in [6.07, 6.45) is 0. The number of ether oxygens (including phenoxy) is 2. The molecule has 7 nitrogen and oxygen atoms in total. The number of hydrogen-bond acceptors (Lipinski definition) is 5. The van der Waals surface area contributed by atoms with E-state index >= 15 is 0 Å². The Hall–Kier alpha value is -2.44. The van der Waals surface area contributed by atoms with E-state index < -0.39 is 0 Å². The molecule has 2 rings (SSSR count). The van der Waals surface area contributed by atoms with Crippen molar-refractivity contribution in [2.75, 3.05) is 46.6 Å². The molecule has 1 aromatic carbocycles. The standard InChI is InChI=1S/C14H19N3O4/c1-16-4-5-17(8-13(16)18)14(19)9-6-11(20-2)12(21-3)7-10(9)15/h6-7H,4-5,8,15H2,1-3H3. The van der Waals surface area contributed by atoms with Crippen LogP contribution >= 0.6 is 0 Å². The van der Waals surface area contributed by atoms with Gasteiger partial charge in [-0.15, -0.1) is 0 Å². The van der Waals surface area contributed by atoms with Crippen molar-refractivity contribution < 1.29 is 19.1 Å². The summed E-state index contributed by atoms with van der Waals surface area (Å²) in [6, 6.07) is 3.09. The number of anilines is 1. The number of methoxy groups -OCH3 is 2. The topological polar surface area (TPSA) is 85.1 Å². The highest BCUT2D eigenvalue weighted by molar-refractivity contribution is 6.01. The largest absolute Gasteiger partial charge is 0.493 e. The minimum Gasteiger partial charge on any atom is -0.493 e. The van der Waals surface area contributed by atoms with Crippen LogP contribution in [0.2, 0.25) is 0 Å². The second kappa shape index (κ2) is 5.90. The summed E-state index contributed by atoms with van der Waals surface area (Å²) in [6.45, 7) is 1.05. The molecule has 7 heteroatoms. The molecule has 1 aliphatic heterocycles. The number of carbonyl (C=O) groups excluding carboxylic acids is 2. The third-order valence-corrected chi connectivity index (χ3v) is 3.53. The Morgan fingerprint density at radius 2 is 1.81 bits per heavy atom. The molecule has 1 heterocycles. The highest BCUT2D eigenvalue weighted by Crippen LogP contribution is 2.32. The van der Waals surface area contributed by atoms with Crippen LogP contribution in [0.15, 0.2) is 12.1 Å². The lowest BCUT2D eigenvalue weighted by Crippen LogP contribution is -2.50. The van der Waals surface area contributed by atoms with Crippen LogP contribution in [0, 0.1) is 0 Å². The van der Waals surface area contributed by atoms with Crippen molar-refractivity contribution in [1.82, 2.24) is 9.80 Å². The lowest BCUT2D eigenvalue weighted by Gasteiger charge is -2.32. The summed E-state index contributed by atoms with van der Waals surface area (Å²) in [5, 5.41) is 0. The van der Waals surface area contributed by atoms with Crippen LogP contribution in [0.25, 0.3) is 0 Å². The number of amides is 2. The van der Waals surface area contributed by atoms with E-state index in [-0.39, 0.29) is 18.4 Å². The molecule has 2 N–H and O–H groups in total. The van der Waals surface area contributed by atoms with Gasteiger partial charge >= 0.3 is 0 Å². The average molecular weight is 293 g/mol. The Kier molecular flexibility index (Phi) is 4.21. The number of nitrogen functional groups attached to an aromatic ring is 1. The average Bonchev–Trinajstić information content (AvgIpc) is 2.49. The summed E-state index contributed by atoms with van der Waals surface area (Å²) < 4.78 is 10.3. The molecule has 0 spiro atoms. The van der Waals surface area contributed by atoms with Crippen LogP contribution < -0.4 is 15.2 Å². The summed E-state index contributed by atoms with van der Waals surface area (Å²) in [5.74, 6) is 0.514. The van der Waals surface area contributed by atoms with Gasteiger partial charge in [-0.05, 0) is 6.07 Å². The Morgan fingerprint density at radius 3 is 2.38 bits per heavy atom. The number of piperazine rings is 1. The van der Waals surface area contributed by atoms with Gasteiger partial charge in [0.25, 0.3) is 5.91 Å². The lowest BCUT2D eigenvalue weighted by atomic mass is 10.1. The summed E-state index contributed by atoms with van der Waals surface area (Å²) in [5.41, 5.74) is 6.52. The van der Waals surface area contributed by atoms with E-state index in [9.17, 15) is 9.59 Å². The van der Waals surface area contributed by atoms with Crippen LogP contribution in [0.1, 0.15) is 10.4 Å². The number of carbonyl (C=O) groups is 2. The fourth-order valence-corrected chi connectivity index (χ4v) is 2.18. The molecule has 1 aromatic rings. The van der Waals surface area contributed by atoms with Gasteiger partial charge in [-0.2, -0.15) is 0 Å². The van der Waals surface area contributed by atoms with Crippen molar-refractivity contribution in [2.24, 2.45) is 0 Å². The molecule has 0 aliphatic carbocycles. The number of benzene rings is 1. The highest BCUT2D eigenvalue weighted by Gasteiger charge is 2.27. The van der Waals surface area contributed by atoms with Crippen molar-refractivity contribution >= 4 is 17.5 Å². The van der Waals surface area contributed by atoms with E-state index in [0.717, 1.165) is 0 Å². The van der Waals surface area contributed by atoms with E-state index in [2.05, 4.69) is 0 Å². The summed E-state index contributed by atoms with van der Waals surface area (Å²) in [7, 11) is 4.70. The smallest absolute Gasteiger partial charge is 0.256 e. The normalized spacial score (nSPS) is 15.1. The van der Waals surface area contributed by atoms with Crippen molar-refractivity contribution in [3.63, 3.8) is 0 Å². The van der Waals surface area contributed by atoms with Gasteiger partial charge in [-0.25, -0.2) is 0 Å². The number of nitrogens with zero attached hydrogens (tertiary/aromatic N) is 2. The fraction of sp³-hybridized carbons (Fsp3) is 0.429. The van der Waals surface area contributed by atoms with E-state index in [1.165, 1.54) is 19.1 Å². The lowest BCUT2D eigenvalue weighted by molar-refractivity contribution is -0.133. The minimum atomic E-state index is -0.282. The Bertz CT molecular complexity index is 574. The maximum absolute atomic E-state index is 12.5. The summed E-state index contributed by atoms with van der Waals surface area (Å²) >= 11 is 0. The van der Waals surface area contributed by atoms with Crippen LogP contribution in [0.4, 0.5) is 5.69 Å². The van der Waals surface area contributed by atoms with E-state index in [1.807, 2.05) is 0 Å². The first-order chi connectivity index (χ1) is 9.97. The van der Waals surface area contributed by atoms with Gasteiger partial charge in [0.15, 0.2) is 11.5 Å². The number of nitrogens with two attached hydrogens (primary N) is 1. The first-order valence-electron chi connectivity index (χ1n) is 6.52. The Morgan fingerprint density at radius 1 is 1.19 bits per heavy atom. The molecule has 0 bridgehead atoms. The molecule has 21 heavy (non-hydrogen) atoms. The molecule has 0 atom stereocenters. The van der Waals surface area contributed by atoms with Gasteiger partial charge < -0.3 is 25.0 Å². The molecule has 1 saturated heterocycles. The van der Waals surface area contributed by atoms with Gasteiger partial charge in [0.2, 0.25) is 5.91 Å². The Balaban J connectivity index is 2.29. The molecule has 2 amide bonds. The third kappa shape index (κ3) is 2.86. The molecule has 0 unspecified atom stereocenters. The SMILES string of the molecule is COc1cc(N)c(C(=O)N2CCN(C)C(=O)C2)cc1OC. The van der Waals surface area contributed by atoms with Gasteiger partial charge in [0.05, 0.1) is 19.8 Å². The number of rotatable bonds is 3. The molecule has 1 fully saturated rings. The molecule has 0 saturated carbocycles. The molecule has 0 aromatic heterocycles. The zero-order valence-corrected chi connectivity index (χ0v) is 12.4. The zero-order valence-electron chi connectivity index (χ0n) is 12.4. The quantitative estimate of drug-likeness (QED) is 0.805. The van der Waals surface area contributed by atoms with Gasteiger partial charge in [-0.1, -0.05) is 0 Å². The molecule has 114 valence electrons. The monoisotopic (exact) mass is 293 g/mol. The van der Waals surface area contributed by atoms with Crippen molar-refractivity contribution in [1.29, 1.82) is 0 Å². The van der Waals surface area contributed by atoms with Crippen LogP contribution in [0.5, 0.6) is 11.5 Å². The molecule has 1 aliphatic rings. The molecular formula is C14H19N3O4. The maximum atomic E-state index is 12.5. The maximum Gasteiger partial charge on any atom is 0.256 e. The van der Waals surface area contributed by atoms with Crippen molar-refractivity contribution in [2.45, 2.75) is 0 Å². The summed E-state index contributed by atoms with van der Waals surface area (Å²) in [4.78, 5) is 27.3. The van der Waals surface area contributed by atoms with Gasteiger partial charge in [0.1, 0.15) is 6.54 Å². The Labute approximate surface area is 123 Å². The third-order valence-electron chi connectivity index (χ3n) is 3.53. The van der Waals surface area contributed by atoms with Gasteiger partial charge in [-0.3, -0.25) is 9.59 Å². The van der Waals surface area contributed by atoms with Crippen LogP contribution in [-0.2, 0) is 4.79 Å². The second-order valence-corrected chi connectivity index (χ2v) is 4.84.